The number of carbonyl (C=O) groups is 1. The molecule has 0 bridgehead atoms. The third-order valence-corrected chi connectivity index (χ3v) is 2.86. The first kappa shape index (κ1) is 17.1. The van der Waals surface area contributed by atoms with Gasteiger partial charge in [0.15, 0.2) is 0 Å². The quantitative estimate of drug-likeness (QED) is 0.776. The molecule has 0 saturated carbocycles. The van der Waals surface area contributed by atoms with Crippen molar-refractivity contribution in [2.45, 2.75) is 46.3 Å². The van der Waals surface area contributed by atoms with Crippen molar-refractivity contribution in [3.63, 3.8) is 0 Å². The van der Waals surface area contributed by atoms with Gasteiger partial charge in [0.05, 0.1) is 11.4 Å². The van der Waals surface area contributed by atoms with Crippen LogP contribution in [0.3, 0.4) is 0 Å². The van der Waals surface area contributed by atoms with Gasteiger partial charge in [0.1, 0.15) is 5.60 Å². The number of nitrogens with one attached hydrogen (secondary N) is 2. The van der Waals surface area contributed by atoms with Gasteiger partial charge in [-0.2, -0.15) is 0 Å². The van der Waals surface area contributed by atoms with Gasteiger partial charge in [0.25, 0.3) is 0 Å². The Balaban J connectivity index is 2.84. The monoisotopic (exact) mass is 290 g/mol. The minimum Gasteiger partial charge on any atom is -0.444 e. The van der Waals surface area contributed by atoms with Crippen molar-refractivity contribution >= 4 is 17.5 Å². The summed E-state index contributed by atoms with van der Waals surface area (Å²) in [6.45, 7) is 13.6. The van der Waals surface area contributed by atoms with Crippen LogP contribution in [0.15, 0.2) is 36.9 Å². The lowest BCUT2D eigenvalue weighted by molar-refractivity contribution is 0.0636. The summed E-state index contributed by atoms with van der Waals surface area (Å²) in [5, 5.41) is 6.15. The Labute approximate surface area is 127 Å². The molecule has 0 fully saturated rings. The van der Waals surface area contributed by atoms with Crippen LogP contribution in [-0.4, -0.2) is 17.7 Å². The van der Waals surface area contributed by atoms with E-state index < -0.39 is 11.7 Å². The molecule has 0 radical (unpaired) electrons. The van der Waals surface area contributed by atoms with Gasteiger partial charge in [-0.15, -0.1) is 6.58 Å². The van der Waals surface area contributed by atoms with Crippen LogP contribution >= 0.6 is 0 Å². The molecule has 0 spiro atoms. The molecular weight excluding hydrogens is 264 g/mol. The molecule has 1 aromatic carbocycles. The molecule has 21 heavy (non-hydrogen) atoms. The average Bonchev–Trinajstić information content (AvgIpc) is 2.34. The summed E-state index contributed by atoms with van der Waals surface area (Å²) in [5.74, 6) is 0.400. The summed E-state index contributed by atoms with van der Waals surface area (Å²) < 4.78 is 5.28. The van der Waals surface area contributed by atoms with Crippen molar-refractivity contribution in [2.24, 2.45) is 5.92 Å². The van der Waals surface area contributed by atoms with Crippen LogP contribution in [0.25, 0.3) is 0 Å². The van der Waals surface area contributed by atoms with Gasteiger partial charge in [0.2, 0.25) is 0 Å². The molecule has 0 heterocycles. The highest BCUT2D eigenvalue weighted by Gasteiger charge is 2.18. The van der Waals surface area contributed by atoms with E-state index in [0.29, 0.717) is 11.6 Å². The van der Waals surface area contributed by atoms with Crippen LogP contribution in [0, 0.1) is 5.92 Å². The van der Waals surface area contributed by atoms with E-state index in [0.717, 1.165) is 5.69 Å². The molecular formula is C17H26N2O2. The normalized spacial score (nSPS) is 12.7. The largest absolute Gasteiger partial charge is 0.444 e. The summed E-state index contributed by atoms with van der Waals surface area (Å²) in [7, 11) is 0. The first-order chi connectivity index (χ1) is 9.73. The Hall–Kier alpha value is -1.97. The van der Waals surface area contributed by atoms with Crippen molar-refractivity contribution in [3.05, 3.63) is 36.9 Å². The first-order valence-corrected chi connectivity index (χ1v) is 7.21. The number of ether oxygens (including phenoxy) is 1. The number of hydrogen-bond donors (Lipinski definition) is 2. The van der Waals surface area contributed by atoms with Crippen LogP contribution in [-0.2, 0) is 4.74 Å². The highest BCUT2D eigenvalue weighted by molar-refractivity contribution is 5.89. The van der Waals surface area contributed by atoms with Crippen LogP contribution in [0.1, 0.15) is 34.6 Å². The van der Waals surface area contributed by atoms with Gasteiger partial charge in [-0.05, 0) is 38.8 Å². The first-order valence-electron chi connectivity index (χ1n) is 7.21. The van der Waals surface area contributed by atoms with Crippen molar-refractivity contribution in [2.75, 3.05) is 10.6 Å². The van der Waals surface area contributed by atoms with E-state index in [1.165, 1.54) is 0 Å². The Kier molecular flexibility index (Phi) is 5.82. The lowest BCUT2D eigenvalue weighted by atomic mass is 10.0. The van der Waals surface area contributed by atoms with E-state index in [9.17, 15) is 4.79 Å². The molecule has 4 heteroatoms. The predicted molar refractivity (Wildman–Crippen MR) is 88.7 cm³/mol. The average molecular weight is 290 g/mol. The zero-order valence-electron chi connectivity index (χ0n) is 13.6. The van der Waals surface area contributed by atoms with E-state index in [1.54, 1.807) is 0 Å². The van der Waals surface area contributed by atoms with Crippen LogP contribution in [0.5, 0.6) is 0 Å². The van der Waals surface area contributed by atoms with E-state index in [-0.39, 0.29) is 6.04 Å². The number of para-hydroxylation sites is 2. The van der Waals surface area contributed by atoms with Gasteiger partial charge in [0, 0.05) is 6.04 Å². The maximum Gasteiger partial charge on any atom is 0.412 e. The van der Waals surface area contributed by atoms with Crippen molar-refractivity contribution < 1.29 is 9.53 Å². The molecule has 0 aliphatic heterocycles. The molecule has 0 saturated heterocycles. The molecule has 1 rings (SSSR count). The summed E-state index contributed by atoms with van der Waals surface area (Å²) in [6.07, 6.45) is 1.41. The number of carbonyl (C=O) groups excluding carboxylic acids is 1. The summed E-state index contributed by atoms with van der Waals surface area (Å²) in [6, 6.07) is 7.68. The summed E-state index contributed by atoms with van der Waals surface area (Å²) >= 11 is 0. The minimum atomic E-state index is -0.520. The maximum atomic E-state index is 11.9. The Morgan fingerprint density at radius 2 is 1.81 bits per heavy atom. The second kappa shape index (κ2) is 7.16. The van der Waals surface area contributed by atoms with E-state index >= 15 is 0 Å². The fraction of sp³-hybridized carbons (Fsp3) is 0.471. The summed E-state index contributed by atoms with van der Waals surface area (Å²) in [4.78, 5) is 11.9. The van der Waals surface area contributed by atoms with Crippen molar-refractivity contribution in [1.82, 2.24) is 0 Å². The van der Waals surface area contributed by atoms with Gasteiger partial charge in [-0.3, -0.25) is 5.32 Å². The van der Waals surface area contributed by atoms with Gasteiger partial charge >= 0.3 is 6.09 Å². The summed E-state index contributed by atoms with van der Waals surface area (Å²) in [5.41, 5.74) is 1.02. The zero-order valence-corrected chi connectivity index (χ0v) is 13.6. The fourth-order valence-electron chi connectivity index (χ4n) is 1.81. The predicted octanol–water partition coefficient (Wildman–Crippen LogP) is 4.66. The fourth-order valence-corrected chi connectivity index (χ4v) is 1.81. The van der Waals surface area contributed by atoms with Crippen molar-refractivity contribution in [1.29, 1.82) is 0 Å². The lowest BCUT2D eigenvalue weighted by Gasteiger charge is -2.23. The number of rotatable bonds is 5. The van der Waals surface area contributed by atoms with Crippen LogP contribution < -0.4 is 10.6 Å². The molecule has 0 aliphatic rings. The third kappa shape index (κ3) is 5.90. The molecule has 0 aromatic heterocycles. The Bertz CT molecular complexity index is 490. The van der Waals surface area contributed by atoms with Gasteiger partial charge in [-0.25, -0.2) is 4.79 Å². The van der Waals surface area contributed by atoms with Crippen LogP contribution in [0.4, 0.5) is 16.2 Å². The number of benzene rings is 1. The minimum absolute atomic E-state index is 0.131. The smallest absolute Gasteiger partial charge is 0.412 e. The van der Waals surface area contributed by atoms with Crippen LogP contribution in [0.2, 0.25) is 0 Å². The van der Waals surface area contributed by atoms with E-state index in [4.69, 9.17) is 4.74 Å². The van der Waals surface area contributed by atoms with Gasteiger partial charge < -0.3 is 10.1 Å². The standard InChI is InChI=1S/C17H26N2O2/c1-7-13(12(2)3)18-14-10-8-9-11-15(14)19-16(20)21-17(4,5)6/h7-13,18H,1H2,2-6H3,(H,19,20)/t13-/m1/s1. The van der Waals surface area contributed by atoms with Crippen molar-refractivity contribution in [3.8, 4) is 0 Å². The lowest BCUT2D eigenvalue weighted by Crippen LogP contribution is -2.28. The second-order valence-electron chi connectivity index (χ2n) is 6.32. The highest BCUT2D eigenvalue weighted by atomic mass is 16.6. The Morgan fingerprint density at radius 1 is 1.24 bits per heavy atom. The molecule has 4 nitrogen and oxygen atoms in total. The third-order valence-electron chi connectivity index (χ3n) is 2.86. The molecule has 0 unspecified atom stereocenters. The molecule has 116 valence electrons. The maximum absolute atomic E-state index is 11.9. The highest BCUT2D eigenvalue weighted by Crippen LogP contribution is 2.24. The number of hydrogen-bond acceptors (Lipinski definition) is 3. The topological polar surface area (TPSA) is 50.4 Å². The molecule has 2 N–H and O–H groups in total. The van der Waals surface area contributed by atoms with Gasteiger partial charge in [-0.1, -0.05) is 32.1 Å². The molecule has 1 amide bonds. The molecule has 0 aliphatic carbocycles. The molecule has 1 aromatic rings. The number of amides is 1. The zero-order chi connectivity index (χ0) is 16.0. The number of anilines is 2. The Morgan fingerprint density at radius 3 is 2.29 bits per heavy atom. The second-order valence-corrected chi connectivity index (χ2v) is 6.32. The molecule has 1 atom stereocenters. The SMILES string of the molecule is C=C[C@@H](Nc1ccccc1NC(=O)OC(C)(C)C)C(C)C. The van der Waals surface area contributed by atoms with E-state index in [2.05, 4.69) is 31.1 Å². The van der Waals surface area contributed by atoms with E-state index in [1.807, 2.05) is 51.1 Å².